The first kappa shape index (κ1) is 13.7. The Balaban J connectivity index is 0.000000637. The molecule has 2 aromatic rings. The molecule has 3 rings (SSSR count). The first-order chi connectivity index (χ1) is 9.25. The van der Waals surface area contributed by atoms with Crippen LogP contribution in [0.4, 0.5) is 8.78 Å². The smallest absolute Gasteiger partial charge is 0.135 e. The third kappa shape index (κ3) is 2.68. The zero-order chi connectivity index (χ0) is 13.8. The summed E-state index contributed by atoms with van der Waals surface area (Å²) in [5.41, 5.74) is 2.71. The molecule has 0 saturated heterocycles. The van der Waals surface area contributed by atoms with E-state index in [1.165, 1.54) is 18.2 Å². The first-order valence-corrected chi connectivity index (χ1v) is 6.61. The van der Waals surface area contributed by atoms with Crippen LogP contribution < -0.4 is 5.32 Å². The highest BCUT2D eigenvalue weighted by molar-refractivity contribution is 5.63. The average molecular weight is 264 g/mol. The second-order valence-corrected chi connectivity index (χ2v) is 4.21. The van der Waals surface area contributed by atoms with E-state index in [-0.39, 0.29) is 5.56 Å². The summed E-state index contributed by atoms with van der Waals surface area (Å²) in [6.07, 6.45) is 0.866. The Morgan fingerprint density at radius 1 is 1.11 bits per heavy atom. The van der Waals surface area contributed by atoms with Gasteiger partial charge in [-0.3, -0.25) is 0 Å². The summed E-state index contributed by atoms with van der Waals surface area (Å²) in [6.45, 7) is 5.65. The minimum atomic E-state index is -0.531. The molecular weight excluding hydrogens is 246 g/mol. The van der Waals surface area contributed by atoms with Gasteiger partial charge in [0, 0.05) is 25.2 Å². The molecule has 1 aromatic heterocycles. The Bertz CT molecular complexity index is 518. The van der Waals surface area contributed by atoms with Gasteiger partial charge in [0.25, 0.3) is 0 Å². The van der Waals surface area contributed by atoms with Crippen LogP contribution in [0.3, 0.4) is 0 Å². The third-order valence-electron chi connectivity index (χ3n) is 3.09. The lowest BCUT2D eigenvalue weighted by atomic mass is 10.1. The molecule has 0 fully saturated rings. The van der Waals surface area contributed by atoms with E-state index >= 15 is 0 Å². The van der Waals surface area contributed by atoms with Crippen LogP contribution in [0.5, 0.6) is 0 Å². The standard InChI is InChI=1S/C13H12F2N2.C2H6/c14-9-2-1-3-10(15)13(9)12-6-8-7-16-5-4-11(8)17-12;1-2/h1-3,6,16-17H,4-5,7H2;1-2H3. The van der Waals surface area contributed by atoms with Crippen LogP contribution in [0, 0.1) is 11.6 Å². The van der Waals surface area contributed by atoms with E-state index in [2.05, 4.69) is 10.3 Å². The number of aromatic amines is 1. The Hall–Kier alpha value is -1.68. The Morgan fingerprint density at radius 3 is 2.42 bits per heavy atom. The van der Waals surface area contributed by atoms with Gasteiger partial charge < -0.3 is 10.3 Å². The second kappa shape index (κ2) is 5.97. The highest BCUT2D eigenvalue weighted by atomic mass is 19.1. The van der Waals surface area contributed by atoms with Crippen LogP contribution in [0.25, 0.3) is 11.3 Å². The third-order valence-corrected chi connectivity index (χ3v) is 3.09. The number of hydrogen-bond acceptors (Lipinski definition) is 1. The van der Waals surface area contributed by atoms with Crippen LogP contribution in [-0.2, 0) is 13.0 Å². The van der Waals surface area contributed by atoms with Crippen molar-refractivity contribution in [2.24, 2.45) is 0 Å². The molecule has 102 valence electrons. The van der Waals surface area contributed by atoms with Gasteiger partial charge >= 0.3 is 0 Å². The molecule has 2 nitrogen and oxygen atoms in total. The predicted octanol–water partition coefficient (Wildman–Crippen LogP) is 3.63. The zero-order valence-corrected chi connectivity index (χ0v) is 11.2. The van der Waals surface area contributed by atoms with Crippen molar-refractivity contribution >= 4 is 0 Å². The number of aromatic nitrogens is 1. The summed E-state index contributed by atoms with van der Waals surface area (Å²) in [5.74, 6) is -1.06. The second-order valence-electron chi connectivity index (χ2n) is 4.21. The highest BCUT2D eigenvalue weighted by Crippen LogP contribution is 2.28. The molecule has 0 radical (unpaired) electrons. The molecule has 2 heterocycles. The normalized spacial score (nSPS) is 13.5. The van der Waals surface area contributed by atoms with Gasteiger partial charge in [-0.05, 0) is 23.8 Å². The average Bonchev–Trinajstić information content (AvgIpc) is 2.84. The Kier molecular flexibility index (Phi) is 4.32. The summed E-state index contributed by atoms with van der Waals surface area (Å²) in [7, 11) is 0. The SMILES string of the molecule is CC.Fc1cccc(F)c1-c1cc2c([nH]1)CCNC2. The van der Waals surface area contributed by atoms with Crippen molar-refractivity contribution in [3.63, 3.8) is 0 Å². The molecule has 4 heteroatoms. The molecule has 1 aliphatic heterocycles. The first-order valence-electron chi connectivity index (χ1n) is 6.61. The number of H-pyrrole nitrogens is 1. The predicted molar refractivity (Wildman–Crippen MR) is 72.9 cm³/mol. The molecule has 0 spiro atoms. The largest absolute Gasteiger partial charge is 0.358 e. The van der Waals surface area contributed by atoms with Crippen molar-refractivity contribution in [2.45, 2.75) is 26.8 Å². The van der Waals surface area contributed by atoms with Gasteiger partial charge in [-0.2, -0.15) is 0 Å². The van der Waals surface area contributed by atoms with Crippen LogP contribution >= 0.6 is 0 Å². The molecule has 1 aromatic carbocycles. The van der Waals surface area contributed by atoms with Crippen molar-refractivity contribution in [3.05, 3.63) is 47.2 Å². The van der Waals surface area contributed by atoms with Crippen LogP contribution in [-0.4, -0.2) is 11.5 Å². The lowest BCUT2D eigenvalue weighted by molar-refractivity contribution is 0.588. The lowest BCUT2D eigenvalue weighted by Gasteiger charge is -2.11. The van der Waals surface area contributed by atoms with Crippen molar-refractivity contribution in [3.8, 4) is 11.3 Å². The molecule has 0 amide bonds. The fourth-order valence-electron chi connectivity index (χ4n) is 2.25. The maximum absolute atomic E-state index is 13.6. The fraction of sp³-hybridized carbons (Fsp3) is 0.333. The van der Waals surface area contributed by atoms with Gasteiger partial charge in [0.1, 0.15) is 11.6 Å². The van der Waals surface area contributed by atoms with Gasteiger partial charge in [-0.1, -0.05) is 19.9 Å². The van der Waals surface area contributed by atoms with Gasteiger partial charge in [0.15, 0.2) is 0 Å². The zero-order valence-electron chi connectivity index (χ0n) is 11.2. The molecule has 0 unspecified atom stereocenters. The van der Waals surface area contributed by atoms with E-state index in [0.29, 0.717) is 5.69 Å². The van der Waals surface area contributed by atoms with Crippen LogP contribution in [0.2, 0.25) is 0 Å². The topological polar surface area (TPSA) is 27.8 Å². The Labute approximate surface area is 111 Å². The molecule has 0 aliphatic carbocycles. The van der Waals surface area contributed by atoms with E-state index in [4.69, 9.17) is 0 Å². The van der Waals surface area contributed by atoms with Crippen molar-refractivity contribution in [2.75, 3.05) is 6.54 Å². The quantitative estimate of drug-likeness (QED) is 0.808. The number of halogens is 2. The van der Waals surface area contributed by atoms with Crippen molar-refractivity contribution in [1.82, 2.24) is 10.3 Å². The molecular formula is C15H18F2N2. The lowest BCUT2D eigenvalue weighted by Crippen LogP contribution is -2.22. The van der Waals surface area contributed by atoms with E-state index in [1.54, 1.807) is 0 Å². The maximum atomic E-state index is 13.6. The highest BCUT2D eigenvalue weighted by Gasteiger charge is 2.17. The van der Waals surface area contributed by atoms with Crippen LogP contribution in [0.1, 0.15) is 25.1 Å². The monoisotopic (exact) mass is 264 g/mol. The molecule has 0 saturated carbocycles. The van der Waals surface area contributed by atoms with Crippen molar-refractivity contribution < 1.29 is 8.78 Å². The number of fused-ring (bicyclic) bond motifs is 1. The number of benzene rings is 1. The van der Waals surface area contributed by atoms with E-state index in [0.717, 1.165) is 30.8 Å². The van der Waals surface area contributed by atoms with Crippen molar-refractivity contribution in [1.29, 1.82) is 0 Å². The van der Waals surface area contributed by atoms with Gasteiger partial charge in [0.05, 0.1) is 11.3 Å². The summed E-state index contributed by atoms with van der Waals surface area (Å²) in [6, 6.07) is 5.74. The minimum Gasteiger partial charge on any atom is -0.358 e. The summed E-state index contributed by atoms with van der Waals surface area (Å²) in [5, 5.41) is 3.23. The Morgan fingerprint density at radius 2 is 1.79 bits per heavy atom. The summed E-state index contributed by atoms with van der Waals surface area (Å²) < 4.78 is 27.3. The minimum absolute atomic E-state index is 0.0295. The molecule has 19 heavy (non-hydrogen) atoms. The van der Waals surface area contributed by atoms with Gasteiger partial charge in [-0.15, -0.1) is 0 Å². The number of nitrogens with one attached hydrogen (secondary N) is 2. The summed E-state index contributed by atoms with van der Waals surface area (Å²) >= 11 is 0. The fourth-order valence-corrected chi connectivity index (χ4v) is 2.25. The molecule has 0 bridgehead atoms. The van der Waals surface area contributed by atoms with E-state index < -0.39 is 11.6 Å². The maximum Gasteiger partial charge on any atom is 0.135 e. The molecule has 0 atom stereocenters. The molecule has 1 aliphatic rings. The molecule has 2 N–H and O–H groups in total. The summed E-state index contributed by atoms with van der Waals surface area (Å²) in [4.78, 5) is 3.11. The van der Waals surface area contributed by atoms with E-state index in [1.807, 2.05) is 19.9 Å². The van der Waals surface area contributed by atoms with Gasteiger partial charge in [0.2, 0.25) is 0 Å². The van der Waals surface area contributed by atoms with Crippen LogP contribution in [0.15, 0.2) is 24.3 Å². The van der Waals surface area contributed by atoms with E-state index in [9.17, 15) is 8.78 Å². The number of hydrogen-bond donors (Lipinski definition) is 2. The number of rotatable bonds is 1. The van der Waals surface area contributed by atoms with Gasteiger partial charge in [-0.25, -0.2) is 8.78 Å².